The van der Waals surface area contributed by atoms with Crippen LogP contribution >= 0.6 is 0 Å². The number of para-hydroxylation sites is 1. The first-order valence-corrected chi connectivity index (χ1v) is 8.42. The molecule has 136 valence electrons. The van der Waals surface area contributed by atoms with Crippen LogP contribution in [0.1, 0.15) is 24.3 Å². The summed E-state index contributed by atoms with van der Waals surface area (Å²) in [7, 11) is 3.30. The third kappa shape index (κ3) is 3.91. The Morgan fingerprint density at radius 3 is 2.77 bits per heavy atom. The number of furan rings is 1. The number of nitrogens with one attached hydrogen (secondary N) is 2. The molecule has 0 spiro atoms. The lowest BCUT2D eigenvalue weighted by molar-refractivity contribution is 0.410. The molecule has 0 saturated heterocycles. The van der Waals surface area contributed by atoms with Crippen molar-refractivity contribution < 1.29 is 14.3 Å². The van der Waals surface area contributed by atoms with Crippen molar-refractivity contribution >= 4 is 16.9 Å². The molecule has 0 saturated carbocycles. The summed E-state index contributed by atoms with van der Waals surface area (Å²) in [5, 5.41) is 17.5. The fourth-order valence-corrected chi connectivity index (χ4v) is 2.70. The number of aliphatic imine (C=N–C) groups is 1. The molecule has 0 aliphatic rings. The molecule has 3 rings (SSSR count). The summed E-state index contributed by atoms with van der Waals surface area (Å²) < 4.78 is 11.1. The zero-order valence-corrected chi connectivity index (χ0v) is 15.1. The lowest BCUT2D eigenvalue weighted by Gasteiger charge is -2.17. The van der Waals surface area contributed by atoms with Crippen LogP contribution in [0, 0.1) is 0 Å². The van der Waals surface area contributed by atoms with Gasteiger partial charge in [-0.15, -0.1) is 0 Å². The maximum atomic E-state index is 9.99. The average molecular weight is 353 g/mol. The highest BCUT2D eigenvalue weighted by molar-refractivity contribution is 5.81. The Balaban J connectivity index is 1.66. The first-order chi connectivity index (χ1) is 12.6. The lowest BCUT2D eigenvalue weighted by atomic mass is 10.2. The Morgan fingerprint density at radius 1 is 1.23 bits per heavy atom. The van der Waals surface area contributed by atoms with E-state index in [9.17, 15) is 5.11 Å². The number of aromatic hydroxyl groups is 1. The number of hydrogen-bond donors (Lipinski definition) is 3. The van der Waals surface area contributed by atoms with Gasteiger partial charge < -0.3 is 24.9 Å². The molecule has 0 amide bonds. The molecule has 2 aromatic carbocycles. The van der Waals surface area contributed by atoms with Crippen molar-refractivity contribution in [3.63, 3.8) is 0 Å². The molecule has 1 unspecified atom stereocenters. The molecule has 1 atom stereocenters. The Bertz CT molecular complexity index is 885. The number of methoxy groups -OCH3 is 1. The minimum Gasteiger partial charge on any atom is -0.508 e. The van der Waals surface area contributed by atoms with Gasteiger partial charge in [-0.1, -0.05) is 18.2 Å². The number of rotatable bonds is 5. The highest BCUT2D eigenvalue weighted by Gasteiger charge is 2.13. The van der Waals surface area contributed by atoms with Crippen LogP contribution in [-0.4, -0.2) is 25.2 Å². The Kier molecular flexibility index (Phi) is 5.31. The first kappa shape index (κ1) is 17.7. The van der Waals surface area contributed by atoms with E-state index in [0.29, 0.717) is 18.3 Å². The number of nitrogens with zero attached hydrogens (tertiary/aromatic N) is 1. The second kappa shape index (κ2) is 7.82. The van der Waals surface area contributed by atoms with Gasteiger partial charge >= 0.3 is 0 Å². The number of hydrogen-bond acceptors (Lipinski definition) is 4. The van der Waals surface area contributed by atoms with Crippen LogP contribution in [0.25, 0.3) is 11.0 Å². The minimum atomic E-state index is -0.0625. The number of phenols is 1. The fraction of sp³-hybridized carbons (Fsp3) is 0.250. The molecule has 6 heteroatoms. The fourth-order valence-electron chi connectivity index (χ4n) is 2.70. The lowest BCUT2D eigenvalue weighted by Crippen LogP contribution is -2.38. The van der Waals surface area contributed by atoms with Crippen LogP contribution in [0.3, 0.4) is 0 Å². The highest BCUT2D eigenvalue weighted by atomic mass is 16.5. The predicted molar refractivity (Wildman–Crippen MR) is 103 cm³/mol. The topological polar surface area (TPSA) is 79.0 Å². The summed E-state index contributed by atoms with van der Waals surface area (Å²) >= 11 is 0. The summed E-state index contributed by atoms with van der Waals surface area (Å²) in [5.41, 5.74) is 1.59. The molecule has 0 bridgehead atoms. The molecule has 0 radical (unpaired) electrons. The third-order valence-corrected chi connectivity index (χ3v) is 4.18. The number of benzene rings is 2. The largest absolute Gasteiger partial charge is 0.508 e. The summed E-state index contributed by atoms with van der Waals surface area (Å²) in [6.45, 7) is 2.42. The zero-order chi connectivity index (χ0) is 18.5. The Labute approximate surface area is 152 Å². The molecular formula is C20H23N3O3. The highest BCUT2D eigenvalue weighted by Crippen LogP contribution is 2.24. The number of guanidine groups is 1. The smallest absolute Gasteiger partial charge is 0.191 e. The molecule has 6 nitrogen and oxygen atoms in total. The molecule has 0 fully saturated rings. The van der Waals surface area contributed by atoms with Crippen molar-refractivity contribution in [1.29, 1.82) is 0 Å². The van der Waals surface area contributed by atoms with E-state index in [1.807, 2.05) is 37.3 Å². The number of phenolic OH excluding ortho intramolecular Hbond substituents is 1. The van der Waals surface area contributed by atoms with E-state index in [2.05, 4.69) is 15.6 Å². The van der Waals surface area contributed by atoms with Gasteiger partial charge in [0.05, 0.1) is 13.2 Å². The van der Waals surface area contributed by atoms with Crippen LogP contribution in [0.4, 0.5) is 0 Å². The Morgan fingerprint density at radius 2 is 2.04 bits per heavy atom. The van der Waals surface area contributed by atoms with Gasteiger partial charge in [0, 0.05) is 24.5 Å². The molecule has 0 aliphatic heterocycles. The molecule has 0 aliphatic carbocycles. The van der Waals surface area contributed by atoms with E-state index in [1.54, 1.807) is 32.4 Å². The van der Waals surface area contributed by atoms with Gasteiger partial charge in [-0.25, -0.2) is 0 Å². The first-order valence-electron chi connectivity index (χ1n) is 8.42. The van der Waals surface area contributed by atoms with Crippen molar-refractivity contribution in [1.82, 2.24) is 10.6 Å². The molecule has 26 heavy (non-hydrogen) atoms. The van der Waals surface area contributed by atoms with E-state index in [-0.39, 0.29) is 11.8 Å². The van der Waals surface area contributed by atoms with Crippen LogP contribution in [0.15, 0.2) is 57.9 Å². The molecular weight excluding hydrogens is 330 g/mol. The van der Waals surface area contributed by atoms with E-state index in [1.165, 1.54) is 0 Å². The predicted octanol–water partition coefficient (Wildman–Crippen LogP) is 3.57. The van der Waals surface area contributed by atoms with Gasteiger partial charge in [-0.2, -0.15) is 0 Å². The van der Waals surface area contributed by atoms with Crippen molar-refractivity contribution in [3.8, 4) is 11.5 Å². The zero-order valence-electron chi connectivity index (χ0n) is 15.1. The molecule has 3 aromatic rings. The average Bonchev–Trinajstić information content (AvgIpc) is 3.10. The quantitative estimate of drug-likeness (QED) is 0.483. The maximum absolute atomic E-state index is 9.99. The minimum absolute atomic E-state index is 0.0625. The monoisotopic (exact) mass is 353 g/mol. The Hall–Kier alpha value is -3.15. The van der Waals surface area contributed by atoms with E-state index in [4.69, 9.17) is 9.15 Å². The van der Waals surface area contributed by atoms with Crippen LogP contribution in [0.2, 0.25) is 0 Å². The van der Waals surface area contributed by atoms with Crippen LogP contribution in [0.5, 0.6) is 11.5 Å². The maximum Gasteiger partial charge on any atom is 0.191 e. The normalized spacial score (nSPS) is 12.8. The van der Waals surface area contributed by atoms with Gasteiger partial charge in [0.15, 0.2) is 5.96 Å². The summed E-state index contributed by atoms with van der Waals surface area (Å²) in [4.78, 5) is 4.23. The van der Waals surface area contributed by atoms with Gasteiger partial charge in [-0.05, 0) is 37.3 Å². The van der Waals surface area contributed by atoms with E-state index < -0.39 is 0 Å². The number of ether oxygens (including phenoxy) is 1. The van der Waals surface area contributed by atoms with Crippen molar-refractivity contribution in [3.05, 3.63) is 59.9 Å². The SMILES string of the molecule is CN=C(NCc1cc(OC)ccc1O)NC(C)c1cc2ccccc2o1. The number of fused-ring (bicyclic) bond motifs is 1. The summed E-state index contributed by atoms with van der Waals surface area (Å²) in [6.07, 6.45) is 0. The van der Waals surface area contributed by atoms with Gasteiger partial charge in [0.25, 0.3) is 0 Å². The second-order valence-corrected chi connectivity index (χ2v) is 5.97. The molecule has 1 heterocycles. The van der Waals surface area contributed by atoms with Gasteiger partial charge in [-0.3, -0.25) is 4.99 Å². The third-order valence-electron chi connectivity index (χ3n) is 4.18. The van der Waals surface area contributed by atoms with Crippen LogP contribution < -0.4 is 15.4 Å². The van der Waals surface area contributed by atoms with Crippen LogP contribution in [-0.2, 0) is 6.54 Å². The summed E-state index contributed by atoms with van der Waals surface area (Å²) in [6, 6.07) is 15.0. The summed E-state index contributed by atoms with van der Waals surface area (Å²) in [5.74, 6) is 2.34. The van der Waals surface area contributed by atoms with Crippen molar-refractivity contribution in [2.45, 2.75) is 19.5 Å². The van der Waals surface area contributed by atoms with Crippen molar-refractivity contribution in [2.24, 2.45) is 4.99 Å². The second-order valence-electron chi connectivity index (χ2n) is 5.97. The van der Waals surface area contributed by atoms with Crippen molar-refractivity contribution in [2.75, 3.05) is 14.2 Å². The van der Waals surface area contributed by atoms with E-state index in [0.717, 1.165) is 22.3 Å². The van der Waals surface area contributed by atoms with E-state index >= 15 is 0 Å². The molecule has 1 aromatic heterocycles. The van der Waals surface area contributed by atoms with Gasteiger partial charge in [0.2, 0.25) is 0 Å². The molecule has 3 N–H and O–H groups in total. The standard InChI is InChI=1S/C20H23N3O3/c1-13(19-11-14-6-4-5-7-18(14)26-19)23-20(21-2)22-12-15-10-16(25-3)8-9-17(15)24/h4-11,13,24H,12H2,1-3H3,(H2,21,22,23). The van der Waals surface area contributed by atoms with Gasteiger partial charge in [0.1, 0.15) is 22.8 Å².